The molecule has 1 aromatic heterocycles. The van der Waals surface area contributed by atoms with E-state index in [4.69, 9.17) is 23.5 Å². The van der Waals surface area contributed by atoms with Gasteiger partial charge in [0, 0.05) is 30.7 Å². The highest BCUT2D eigenvalue weighted by atomic mass is 19.1. The molecule has 0 saturated heterocycles. The maximum absolute atomic E-state index is 13.8. The molecule has 2 N–H and O–H groups in total. The number of anilines is 1. The van der Waals surface area contributed by atoms with Crippen LogP contribution in [-0.4, -0.2) is 44.1 Å². The molecule has 1 aromatic carbocycles. The third-order valence-electron chi connectivity index (χ3n) is 7.78. The lowest BCUT2D eigenvalue weighted by Crippen LogP contribution is -2.38. The lowest BCUT2D eigenvalue weighted by atomic mass is 9.68. The number of carbonyl (C=O) groups excluding carboxylic acids is 1. The van der Waals surface area contributed by atoms with Crippen LogP contribution >= 0.6 is 0 Å². The van der Waals surface area contributed by atoms with E-state index in [-0.39, 0.29) is 22.0 Å². The van der Waals surface area contributed by atoms with Gasteiger partial charge in [-0.25, -0.2) is 9.37 Å². The van der Waals surface area contributed by atoms with Gasteiger partial charge in [-0.3, -0.25) is 4.79 Å². The smallest absolute Gasteiger partial charge is 0.248 e. The second-order valence-electron chi connectivity index (χ2n) is 11.4. The molecular weight excluding hydrogens is 510 g/mol. The average molecular weight is 547 g/mol. The minimum Gasteiger partial charge on any atom is -0.505 e. The van der Waals surface area contributed by atoms with Crippen molar-refractivity contribution in [2.45, 2.75) is 66.8 Å². The molecule has 1 aliphatic carbocycles. The Morgan fingerprint density at radius 2 is 1.93 bits per heavy atom. The molecule has 1 heterocycles. The van der Waals surface area contributed by atoms with Gasteiger partial charge in [-0.05, 0) is 74.4 Å². The third-order valence-corrected chi connectivity index (χ3v) is 7.78. The number of imidazole rings is 1. The number of allylic oxidation sites excluding steroid dienone is 9. The number of carbonyl (C=O) groups is 1. The molecule has 3 rings (SSSR count). The van der Waals surface area contributed by atoms with Crippen molar-refractivity contribution in [2.24, 2.45) is 11.3 Å². The van der Waals surface area contributed by atoms with Crippen molar-refractivity contribution in [1.82, 2.24) is 9.55 Å². The van der Waals surface area contributed by atoms with Gasteiger partial charge in [0.2, 0.25) is 5.91 Å². The van der Waals surface area contributed by atoms with E-state index in [1.807, 2.05) is 37.8 Å². The maximum Gasteiger partial charge on any atom is 0.248 e. The Morgan fingerprint density at radius 3 is 2.61 bits per heavy atom. The Hall–Kier alpha value is -3.48. The summed E-state index contributed by atoms with van der Waals surface area (Å²) in [6.07, 6.45) is 21.8. The molecule has 41 heavy (non-hydrogen) atoms. The first-order chi connectivity index (χ1) is 19.3. The molecule has 5 nitrogen and oxygen atoms in total. The van der Waals surface area contributed by atoms with Crippen molar-refractivity contribution >= 4 is 51.5 Å². The summed E-state index contributed by atoms with van der Waals surface area (Å²) >= 11 is 0. The summed E-state index contributed by atoms with van der Waals surface area (Å²) in [5.41, 5.74) is 3.52. The number of amides is 1. The van der Waals surface area contributed by atoms with E-state index in [1.54, 1.807) is 13.0 Å². The van der Waals surface area contributed by atoms with Crippen LogP contribution in [0.1, 0.15) is 60.3 Å². The lowest BCUT2D eigenvalue weighted by molar-refractivity contribution is -0.111. The largest absolute Gasteiger partial charge is 0.505 e. The maximum atomic E-state index is 13.8. The molecule has 0 aliphatic heterocycles. The van der Waals surface area contributed by atoms with Crippen molar-refractivity contribution in [3.8, 4) is 5.75 Å². The second-order valence-corrected chi connectivity index (χ2v) is 11.4. The van der Waals surface area contributed by atoms with Gasteiger partial charge in [0.05, 0.1) is 6.33 Å². The predicted molar refractivity (Wildman–Crippen MR) is 169 cm³/mol. The van der Waals surface area contributed by atoms with Gasteiger partial charge in [0.25, 0.3) is 0 Å². The van der Waals surface area contributed by atoms with Crippen LogP contribution in [0, 0.1) is 17.2 Å². The van der Waals surface area contributed by atoms with Crippen molar-refractivity contribution in [3.05, 3.63) is 83.3 Å². The van der Waals surface area contributed by atoms with Gasteiger partial charge in [0.1, 0.15) is 29.3 Å². The number of phenols is 1. The molecule has 208 valence electrons. The number of phenolic OH excluding ortho intramolecular Hbond substituents is 1. The van der Waals surface area contributed by atoms with Gasteiger partial charge >= 0.3 is 0 Å². The standard InChI is InChI=1S/C32H37B3FN3O2/c1-20(8-6-9-21(2)18-25(40)38-30-27(34)26(33)29(36)31(41)28(30)35)11-12-24-22(3)23(13-14-32(24,4)5)10-7-16-39-17-15-37-19-39/h6,8-9,11-12,15,17-19,23,41H,7,10,13-14,16H2,1-5H3,(H,38,40)/b9-6+,12-11+,20-8+,21-18+. The molecule has 0 saturated carbocycles. The van der Waals surface area contributed by atoms with Gasteiger partial charge in [0.15, 0.2) is 5.82 Å². The van der Waals surface area contributed by atoms with Crippen LogP contribution in [0.2, 0.25) is 0 Å². The minimum absolute atomic E-state index is 0.128. The van der Waals surface area contributed by atoms with Gasteiger partial charge < -0.3 is 15.0 Å². The molecule has 0 bridgehead atoms. The molecule has 2 aromatic rings. The second kappa shape index (κ2) is 13.9. The predicted octanol–water partition coefficient (Wildman–Crippen LogP) is 4.29. The summed E-state index contributed by atoms with van der Waals surface area (Å²) in [4.78, 5) is 16.6. The van der Waals surface area contributed by atoms with E-state index in [1.165, 1.54) is 30.1 Å². The molecule has 0 fully saturated rings. The number of aryl methyl sites for hydroxylation is 1. The molecule has 6 radical (unpaired) electrons. The van der Waals surface area contributed by atoms with E-state index in [2.05, 4.69) is 47.8 Å². The molecule has 0 spiro atoms. The Kier molecular flexibility index (Phi) is 10.9. The van der Waals surface area contributed by atoms with Crippen molar-refractivity contribution < 1.29 is 14.3 Å². The number of aromatic nitrogens is 2. The molecular formula is C32H37B3FN3O2. The fraction of sp³-hybridized carbons (Fsp3) is 0.375. The normalized spacial score (nSPS) is 18.0. The van der Waals surface area contributed by atoms with E-state index >= 15 is 0 Å². The molecule has 1 atom stereocenters. The summed E-state index contributed by atoms with van der Waals surface area (Å²) in [7, 11) is 17.0. The number of aromatic hydroxyl groups is 1. The Bertz CT molecular complexity index is 1390. The minimum atomic E-state index is -1.12. The van der Waals surface area contributed by atoms with Crippen LogP contribution in [-0.2, 0) is 11.3 Å². The summed E-state index contributed by atoms with van der Waals surface area (Å²) in [6, 6.07) is 0. The summed E-state index contributed by atoms with van der Waals surface area (Å²) in [5, 5.41) is 12.2. The Labute approximate surface area is 247 Å². The van der Waals surface area contributed by atoms with Crippen LogP contribution in [0.3, 0.4) is 0 Å². The quantitative estimate of drug-likeness (QED) is 0.265. The number of hydrogen-bond donors (Lipinski definition) is 2. The number of halogens is 1. The fourth-order valence-corrected chi connectivity index (χ4v) is 5.23. The monoisotopic (exact) mass is 547 g/mol. The summed E-state index contributed by atoms with van der Waals surface area (Å²) in [6.45, 7) is 11.7. The molecule has 1 amide bonds. The first-order valence-corrected chi connectivity index (χ1v) is 13.9. The van der Waals surface area contributed by atoms with E-state index in [9.17, 15) is 14.3 Å². The van der Waals surface area contributed by atoms with Crippen molar-refractivity contribution in [1.29, 1.82) is 0 Å². The molecule has 1 unspecified atom stereocenters. The fourth-order valence-electron chi connectivity index (χ4n) is 5.23. The van der Waals surface area contributed by atoms with Crippen LogP contribution in [0.5, 0.6) is 5.75 Å². The topological polar surface area (TPSA) is 67.2 Å². The lowest BCUT2D eigenvalue weighted by Gasteiger charge is -2.37. The zero-order chi connectivity index (χ0) is 30.3. The first-order valence-electron chi connectivity index (χ1n) is 13.9. The number of hydrogen-bond acceptors (Lipinski definition) is 3. The van der Waals surface area contributed by atoms with E-state index in [0.29, 0.717) is 11.5 Å². The van der Waals surface area contributed by atoms with Crippen LogP contribution in [0.25, 0.3) is 0 Å². The van der Waals surface area contributed by atoms with E-state index in [0.717, 1.165) is 25.0 Å². The highest BCUT2D eigenvalue weighted by Crippen LogP contribution is 2.44. The molecule has 9 heteroatoms. The zero-order valence-electron chi connectivity index (χ0n) is 24.7. The van der Waals surface area contributed by atoms with Crippen LogP contribution in [0.4, 0.5) is 10.1 Å². The number of nitrogens with zero attached hydrogens (tertiary/aromatic N) is 2. The highest BCUT2D eigenvalue weighted by molar-refractivity contribution is 6.55. The third kappa shape index (κ3) is 8.28. The van der Waals surface area contributed by atoms with Gasteiger partial charge in [-0.1, -0.05) is 66.3 Å². The van der Waals surface area contributed by atoms with Crippen LogP contribution in [0.15, 0.2) is 77.5 Å². The summed E-state index contributed by atoms with van der Waals surface area (Å²) < 4.78 is 16.0. The SMILES string of the molecule is [B]c1c([B])c(NC(=O)/C=C(C)/C=C/C=C(C)/C=C/C2=C(C)C(CCCn3ccnc3)CCC2(C)C)c([B])c(O)c1F. The highest BCUT2D eigenvalue weighted by Gasteiger charge is 2.31. The van der Waals surface area contributed by atoms with E-state index < -0.39 is 22.9 Å². The van der Waals surface area contributed by atoms with Gasteiger partial charge in [-0.15, -0.1) is 0 Å². The number of benzene rings is 1. The Balaban J connectivity index is 1.64. The van der Waals surface area contributed by atoms with Crippen LogP contribution < -0.4 is 21.7 Å². The van der Waals surface area contributed by atoms with Crippen molar-refractivity contribution in [3.63, 3.8) is 0 Å². The number of rotatable bonds is 10. The average Bonchev–Trinajstić information content (AvgIpc) is 3.43. The molecule has 1 aliphatic rings. The van der Waals surface area contributed by atoms with Gasteiger partial charge in [-0.2, -0.15) is 0 Å². The number of nitrogens with one attached hydrogen (secondary N) is 1. The van der Waals surface area contributed by atoms with Crippen molar-refractivity contribution in [2.75, 3.05) is 5.32 Å². The summed E-state index contributed by atoms with van der Waals surface area (Å²) in [5.74, 6) is -1.93. The first kappa shape index (κ1) is 32.0. The zero-order valence-corrected chi connectivity index (χ0v) is 24.7. The Morgan fingerprint density at radius 1 is 1.20 bits per heavy atom.